The average molecular weight is 279 g/mol. The molecule has 0 aliphatic heterocycles. The van der Waals surface area contributed by atoms with Gasteiger partial charge >= 0.3 is 0 Å². The second-order valence-corrected chi connectivity index (χ2v) is 5.26. The number of rotatable bonds is 8. The molecule has 1 unspecified atom stereocenters. The van der Waals surface area contributed by atoms with Crippen LogP contribution in [0, 0.1) is 0 Å². The van der Waals surface area contributed by atoms with E-state index >= 15 is 0 Å². The minimum atomic E-state index is -0.862. The molecule has 112 valence electrons. The smallest absolute Gasteiger partial charge is 0.251 e. The highest BCUT2D eigenvalue weighted by molar-refractivity contribution is 5.94. The van der Waals surface area contributed by atoms with Crippen molar-refractivity contribution in [3.8, 4) is 5.75 Å². The number of hydrogen-bond donors (Lipinski definition) is 2. The summed E-state index contributed by atoms with van der Waals surface area (Å²) in [6.07, 6.45) is 2.71. The molecule has 0 fully saturated rings. The Kier molecular flexibility index (Phi) is 6.52. The van der Waals surface area contributed by atoms with Crippen molar-refractivity contribution in [2.45, 2.75) is 45.6 Å². The first-order chi connectivity index (χ1) is 9.48. The third-order valence-electron chi connectivity index (χ3n) is 3.27. The lowest BCUT2D eigenvalue weighted by Crippen LogP contribution is -2.40. The minimum absolute atomic E-state index is 0.182. The molecule has 0 aliphatic carbocycles. The van der Waals surface area contributed by atoms with Gasteiger partial charge in [0.1, 0.15) is 5.75 Å². The molecule has 0 aromatic heterocycles. The largest absolute Gasteiger partial charge is 0.494 e. The van der Waals surface area contributed by atoms with E-state index in [1.807, 2.05) is 6.92 Å². The number of amides is 1. The van der Waals surface area contributed by atoms with Gasteiger partial charge in [-0.25, -0.2) is 0 Å². The lowest BCUT2D eigenvalue weighted by atomic mass is 10.0. The molecule has 0 bridgehead atoms. The van der Waals surface area contributed by atoms with E-state index in [1.165, 1.54) is 0 Å². The van der Waals surface area contributed by atoms with E-state index in [-0.39, 0.29) is 12.5 Å². The highest BCUT2D eigenvalue weighted by Crippen LogP contribution is 2.13. The zero-order chi connectivity index (χ0) is 15.0. The van der Waals surface area contributed by atoms with Crippen LogP contribution < -0.4 is 10.1 Å². The molecule has 1 amide bonds. The summed E-state index contributed by atoms with van der Waals surface area (Å²) in [5, 5.41) is 12.6. The van der Waals surface area contributed by atoms with Crippen molar-refractivity contribution >= 4 is 5.91 Å². The molecule has 1 aromatic rings. The van der Waals surface area contributed by atoms with E-state index in [1.54, 1.807) is 31.2 Å². The molecule has 0 saturated carbocycles. The van der Waals surface area contributed by atoms with Gasteiger partial charge in [0.15, 0.2) is 0 Å². The molecule has 0 heterocycles. The predicted molar refractivity (Wildman–Crippen MR) is 80.1 cm³/mol. The number of benzene rings is 1. The maximum atomic E-state index is 11.9. The minimum Gasteiger partial charge on any atom is -0.494 e. The SMILES string of the molecule is CCCCOc1ccc(C(=O)NCC(C)(O)CC)cc1. The molecular formula is C16H25NO3. The second-order valence-electron chi connectivity index (χ2n) is 5.26. The Bertz CT molecular complexity index is 412. The van der Waals surface area contributed by atoms with Crippen LogP contribution in [0.4, 0.5) is 0 Å². The van der Waals surface area contributed by atoms with Gasteiger partial charge in [0, 0.05) is 12.1 Å². The molecule has 4 heteroatoms. The fourth-order valence-corrected chi connectivity index (χ4v) is 1.53. The molecular weight excluding hydrogens is 254 g/mol. The van der Waals surface area contributed by atoms with Crippen LogP contribution >= 0.6 is 0 Å². The lowest BCUT2D eigenvalue weighted by molar-refractivity contribution is 0.0518. The topological polar surface area (TPSA) is 58.6 Å². The van der Waals surface area contributed by atoms with Crippen molar-refractivity contribution in [1.29, 1.82) is 0 Å². The van der Waals surface area contributed by atoms with Gasteiger partial charge in [-0.3, -0.25) is 4.79 Å². The van der Waals surface area contributed by atoms with Gasteiger partial charge in [-0.2, -0.15) is 0 Å². The van der Waals surface area contributed by atoms with Crippen LogP contribution in [0.15, 0.2) is 24.3 Å². The standard InChI is InChI=1S/C16H25NO3/c1-4-6-11-20-14-9-7-13(8-10-14)15(18)17-12-16(3,19)5-2/h7-10,19H,4-6,11-12H2,1-3H3,(H,17,18). The first-order valence-corrected chi connectivity index (χ1v) is 7.22. The molecule has 4 nitrogen and oxygen atoms in total. The molecule has 1 atom stereocenters. The fourth-order valence-electron chi connectivity index (χ4n) is 1.53. The summed E-state index contributed by atoms with van der Waals surface area (Å²) in [6, 6.07) is 7.06. The Balaban J connectivity index is 2.49. The first-order valence-electron chi connectivity index (χ1n) is 7.22. The Hall–Kier alpha value is -1.55. The molecule has 1 rings (SSSR count). The summed E-state index contributed by atoms with van der Waals surface area (Å²) in [7, 11) is 0. The van der Waals surface area contributed by atoms with Crippen LogP contribution in [-0.4, -0.2) is 29.8 Å². The van der Waals surface area contributed by atoms with Crippen LogP contribution in [0.3, 0.4) is 0 Å². The van der Waals surface area contributed by atoms with E-state index in [0.29, 0.717) is 18.6 Å². The normalized spacial score (nSPS) is 13.6. The highest BCUT2D eigenvalue weighted by Gasteiger charge is 2.18. The number of carbonyl (C=O) groups is 1. The van der Waals surface area contributed by atoms with Gasteiger partial charge in [-0.1, -0.05) is 20.3 Å². The Morgan fingerprint density at radius 2 is 1.95 bits per heavy atom. The third-order valence-corrected chi connectivity index (χ3v) is 3.27. The Labute approximate surface area is 121 Å². The summed E-state index contributed by atoms with van der Waals surface area (Å²) in [5.41, 5.74) is -0.293. The van der Waals surface area contributed by atoms with Crippen LogP contribution in [0.5, 0.6) is 5.75 Å². The number of hydrogen-bond acceptors (Lipinski definition) is 3. The van der Waals surface area contributed by atoms with Crippen molar-refractivity contribution < 1.29 is 14.6 Å². The lowest BCUT2D eigenvalue weighted by Gasteiger charge is -2.21. The number of carbonyl (C=O) groups excluding carboxylic acids is 1. The zero-order valence-corrected chi connectivity index (χ0v) is 12.6. The van der Waals surface area contributed by atoms with Gasteiger partial charge < -0.3 is 15.2 Å². The maximum absolute atomic E-state index is 11.9. The Morgan fingerprint density at radius 3 is 2.50 bits per heavy atom. The zero-order valence-electron chi connectivity index (χ0n) is 12.6. The average Bonchev–Trinajstić information content (AvgIpc) is 2.46. The van der Waals surface area contributed by atoms with Crippen LogP contribution in [0.2, 0.25) is 0 Å². The molecule has 0 saturated heterocycles. The van der Waals surface area contributed by atoms with Crippen molar-refractivity contribution in [1.82, 2.24) is 5.32 Å². The van der Waals surface area contributed by atoms with E-state index in [9.17, 15) is 9.90 Å². The van der Waals surface area contributed by atoms with E-state index in [2.05, 4.69) is 12.2 Å². The number of aliphatic hydroxyl groups is 1. The van der Waals surface area contributed by atoms with Gasteiger partial charge in [0.2, 0.25) is 0 Å². The van der Waals surface area contributed by atoms with Gasteiger partial charge in [-0.15, -0.1) is 0 Å². The molecule has 0 radical (unpaired) electrons. The van der Waals surface area contributed by atoms with Crippen molar-refractivity contribution in [2.24, 2.45) is 0 Å². The van der Waals surface area contributed by atoms with E-state index in [4.69, 9.17) is 4.74 Å². The summed E-state index contributed by atoms with van der Waals surface area (Å²) in [4.78, 5) is 11.9. The predicted octanol–water partition coefficient (Wildman–Crippen LogP) is 2.76. The van der Waals surface area contributed by atoms with Gasteiger partial charge in [0.25, 0.3) is 5.91 Å². The molecule has 20 heavy (non-hydrogen) atoms. The van der Waals surface area contributed by atoms with Crippen LogP contribution in [0.25, 0.3) is 0 Å². The van der Waals surface area contributed by atoms with E-state index in [0.717, 1.165) is 18.6 Å². The summed E-state index contributed by atoms with van der Waals surface area (Å²) in [5.74, 6) is 0.592. The van der Waals surface area contributed by atoms with Gasteiger partial charge in [-0.05, 0) is 44.0 Å². The monoisotopic (exact) mass is 279 g/mol. The highest BCUT2D eigenvalue weighted by atomic mass is 16.5. The van der Waals surface area contributed by atoms with Crippen molar-refractivity contribution in [3.63, 3.8) is 0 Å². The maximum Gasteiger partial charge on any atom is 0.251 e. The summed E-state index contributed by atoms with van der Waals surface area (Å²) in [6.45, 7) is 6.65. The van der Waals surface area contributed by atoms with Crippen molar-refractivity contribution in [2.75, 3.05) is 13.2 Å². The van der Waals surface area contributed by atoms with E-state index < -0.39 is 5.60 Å². The molecule has 2 N–H and O–H groups in total. The fraction of sp³-hybridized carbons (Fsp3) is 0.562. The van der Waals surface area contributed by atoms with Crippen molar-refractivity contribution in [3.05, 3.63) is 29.8 Å². The first kappa shape index (κ1) is 16.5. The molecule has 0 spiro atoms. The number of unbranched alkanes of at least 4 members (excludes halogenated alkanes) is 1. The molecule has 1 aromatic carbocycles. The van der Waals surface area contributed by atoms with Gasteiger partial charge in [0.05, 0.1) is 12.2 Å². The molecule has 0 aliphatic rings. The summed E-state index contributed by atoms with van der Waals surface area (Å²) >= 11 is 0. The number of ether oxygens (including phenoxy) is 1. The van der Waals surface area contributed by atoms with Crippen LogP contribution in [0.1, 0.15) is 50.4 Å². The Morgan fingerprint density at radius 1 is 1.30 bits per heavy atom. The number of nitrogens with one attached hydrogen (secondary N) is 1. The summed E-state index contributed by atoms with van der Waals surface area (Å²) < 4.78 is 5.54. The quantitative estimate of drug-likeness (QED) is 0.719. The van der Waals surface area contributed by atoms with Crippen LogP contribution in [-0.2, 0) is 0 Å². The third kappa shape index (κ3) is 5.61. The second kappa shape index (κ2) is 7.90.